The highest BCUT2D eigenvalue weighted by molar-refractivity contribution is 5.99. The molecule has 4 heteroatoms. The van der Waals surface area contributed by atoms with E-state index < -0.39 is 0 Å². The van der Waals surface area contributed by atoms with E-state index in [1.54, 1.807) is 19.4 Å². The van der Waals surface area contributed by atoms with Gasteiger partial charge in [-0.05, 0) is 19.4 Å². The van der Waals surface area contributed by atoms with Crippen molar-refractivity contribution in [1.82, 2.24) is 4.98 Å². The molecule has 0 aliphatic rings. The molecular formula is C12H17NO3. The fourth-order valence-corrected chi connectivity index (χ4v) is 1.43. The molecule has 0 aliphatic heterocycles. The number of hydrogen-bond acceptors (Lipinski definition) is 4. The SMILES string of the molecule is CCOC(CC)C(=O)c1cncc(OC)c1. The second-order valence-corrected chi connectivity index (χ2v) is 3.33. The second kappa shape index (κ2) is 6.23. The lowest BCUT2D eigenvalue weighted by Crippen LogP contribution is -2.23. The summed E-state index contributed by atoms with van der Waals surface area (Å²) < 4.78 is 10.4. The van der Waals surface area contributed by atoms with Crippen LogP contribution in [0.5, 0.6) is 5.75 Å². The Morgan fingerprint density at radius 2 is 2.19 bits per heavy atom. The maximum absolute atomic E-state index is 12.0. The number of ether oxygens (including phenoxy) is 2. The van der Waals surface area contributed by atoms with Crippen LogP contribution in [0, 0.1) is 0 Å². The summed E-state index contributed by atoms with van der Waals surface area (Å²) in [4.78, 5) is 16.0. The molecule has 0 saturated carbocycles. The molecule has 0 fully saturated rings. The van der Waals surface area contributed by atoms with Gasteiger partial charge in [0.15, 0.2) is 5.78 Å². The number of carbonyl (C=O) groups excluding carboxylic acids is 1. The van der Waals surface area contributed by atoms with Crippen LogP contribution in [-0.2, 0) is 4.74 Å². The number of carbonyl (C=O) groups is 1. The molecule has 1 unspecified atom stereocenters. The summed E-state index contributed by atoms with van der Waals surface area (Å²) in [7, 11) is 1.55. The minimum Gasteiger partial charge on any atom is -0.495 e. The van der Waals surface area contributed by atoms with Crippen LogP contribution in [0.2, 0.25) is 0 Å². The molecular weight excluding hydrogens is 206 g/mol. The molecule has 0 amide bonds. The Morgan fingerprint density at radius 3 is 2.75 bits per heavy atom. The molecule has 1 aromatic rings. The highest BCUT2D eigenvalue weighted by atomic mass is 16.5. The van der Waals surface area contributed by atoms with Crippen molar-refractivity contribution in [2.24, 2.45) is 0 Å². The van der Waals surface area contributed by atoms with E-state index in [1.165, 1.54) is 6.20 Å². The first kappa shape index (κ1) is 12.6. The Labute approximate surface area is 95.6 Å². The van der Waals surface area contributed by atoms with Gasteiger partial charge in [-0.1, -0.05) is 6.92 Å². The Hall–Kier alpha value is -1.42. The zero-order chi connectivity index (χ0) is 12.0. The topological polar surface area (TPSA) is 48.4 Å². The van der Waals surface area contributed by atoms with E-state index in [0.717, 1.165) is 0 Å². The maximum Gasteiger partial charge on any atom is 0.193 e. The first-order valence-corrected chi connectivity index (χ1v) is 5.37. The largest absolute Gasteiger partial charge is 0.495 e. The van der Waals surface area contributed by atoms with Gasteiger partial charge >= 0.3 is 0 Å². The summed E-state index contributed by atoms with van der Waals surface area (Å²) >= 11 is 0. The number of aromatic nitrogens is 1. The molecule has 1 atom stereocenters. The molecule has 1 aromatic heterocycles. The third-order valence-electron chi connectivity index (χ3n) is 2.26. The quantitative estimate of drug-likeness (QED) is 0.693. The number of nitrogens with zero attached hydrogens (tertiary/aromatic N) is 1. The fraction of sp³-hybridized carbons (Fsp3) is 0.500. The van der Waals surface area contributed by atoms with E-state index in [9.17, 15) is 4.79 Å². The van der Waals surface area contributed by atoms with Crippen molar-refractivity contribution in [1.29, 1.82) is 0 Å². The smallest absolute Gasteiger partial charge is 0.193 e. The van der Waals surface area contributed by atoms with Gasteiger partial charge in [-0.15, -0.1) is 0 Å². The van der Waals surface area contributed by atoms with Crippen molar-refractivity contribution in [2.45, 2.75) is 26.4 Å². The van der Waals surface area contributed by atoms with Gasteiger partial charge in [0.05, 0.1) is 13.3 Å². The van der Waals surface area contributed by atoms with Crippen LogP contribution in [0.15, 0.2) is 18.5 Å². The fourth-order valence-electron chi connectivity index (χ4n) is 1.43. The van der Waals surface area contributed by atoms with Crippen molar-refractivity contribution in [3.63, 3.8) is 0 Å². The number of ketones is 1. The van der Waals surface area contributed by atoms with Crippen LogP contribution >= 0.6 is 0 Å². The minimum atomic E-state index is -0.390. The van der Waals surface area contributed by atoms with Crippen molar-refractivity contribution in [3.8, 4) is 5.75 Å². The lowest BCUT2D eigenvalue weighted by Gasteiger charge is -2.13. The summed E-state index contributed by atoms with van der Waals surface area (Å²) in [5.41, 5.74) is 0.527. The van der Waals surface area contributed by atoms with Crippen molar-refractivity contribution in [3.05, 3.63) is 24.0 Å². The van der Waals surface area contributed by atoms with Crippen molar-refractivity contribution in [2.75, 3.05) is 13.7 Å². The van der Waals surface area contributed by atoms with Crippen molar-refractivity contribution < 1.29 is 14.3 Å². The third-order valence-corrected chi connectivity index (χ3v) is 2.26. The first-order valence-electron chi connectivity index (χ1n) is 5.37. The summed E-state index contributed by atoms with van der Waals surface area (Å²) in [5, 5.41) is 0. The number of Topliss-reactive ketones (excluding diaryl/α,β-unsaturated/α-hetero) is 1. The normalized spacial score (nSPS) is 12.2. The number of hydrogen-bond donors (Lipinski definition) is 0. The molecule has 0 aromatic carbocycles. The van der Waals surface area contributed by atoms with Crippen LogP contribution < -0.4 is 4.74 Å². The van der Waals surface area contributed by atoms with Gasteiger partial charge < -0.3 is 9.47 Å². The predicted octanol–water partition coefficient (Wildman–Crippen LogP) is 2.09. The molecule has 0 saturated heterocycles. The van der Waals surface area contributed by atoms with Crippen LogP contribution in [0.4, 0.5) is 0 Å². The summed E-state index contributed by atoms with van der Waals surface area (Å²) in [6.07, 6.45) is 3.37. The molecule has 0 aliphatic carbocycles. The highest BCUT2D eigenvalue weighted by Crippen LogP contribution is 2.14. The molecule has 0 radical (unpaired) electrons. The zero-order valence-electron chi connectivity index (χ0n) is 9.90. The van der Waals surface area contributed by atoms with E-state index in [-0.39, 0.29) is 11.9 Å². The standard InChI is InChI=1S/C12H17NO3/c1-4-11(16-5-2)12(14)9-6-10(15-3)8-13-7-9/h6-8,11H,4-5H2,1-3H3. The Balaban J connectivity index is 2.85. The van der Waals surface area contributed by atoms with Crippen LogP contribution in [-0.4, -0.2) is 30.6 Å². The average Bonchev–Trinajstić information content (AvgIpc) is 2.35. The summed E-state index contributed by atoms with van der Waals surface area (Å²) in [6, 6.07) is 1.68. The molecule has 0 N–H and O–H groups in total. The number of rotatable bonds is 6. The molecule has 4 nitrogen and oxygen atoms in total. The predicted molar refractivity (Wildman–Crippen MR) is 60.8 cm³/mol. The van der Waals surface area contributed by atoms with Crippen LogP contribution in [0.1, 0.15) is 30.6 Å². The molecule has 88 valence electrons. The van der Waals surface area contributed by atoms with Gasteiger partial charge in [0.2, 0.25) is 0 Å². The summed E-state index contributed by atoms with van der Waals surface area (Å²) in [6.45, 7) is 4.33. The van der Waals surface area contributed by atoms with Crippen molar-refractivity contribution >= 4 is 5.78 Å². The molecule has 0 spiro atoms. The number of methoxy groups -OCH3 is 1. The third kappa shape index (κ3) is 3.03. The van der Waals surface area contributed by atoms with E-state index in [1.807, 2.05) is 13.8 Å². The van der Waals surface area contributed by atoms with Gasteiger partial charge in [0.1, 0.15) is 11.9 Å². The lowest BCUT2D eigenvalue weighted by molar-refractivity contribution is 0.0443. The Bertz CT molecular complexity index is 352. The average molecular weight is 223 g/mol. The van der Waals surface area contributed by atoms with E-state index >= 15 is 0 Å². The lowest BCUT2D eigenvalue weighted by atomic mass is 10.1. The molecule has 1 rings (SSSR count). The number of pyridine rings is 1. The minimum absolute atomic E-state index is 0.0456. The van der Waals surface area contributed by atoms with Crippen LogP contribution in [0.25, 0.3) is 0 Å². The molecule has 1 heterocycles. The Kier molecular flexibility index (Phi) is 4.92. The van der Waals surface area contributed by atoms with Gasteiger partial charge in [-0.3, -0.25) is 9.78 Å². The first-order chi connectivity index (χ1) is 7.72. The van der Waals surface area contributed by atoms with E-state index in [4.69, 9.17) is 9.47 Å². The van der Waals surface area contributed by atoms with Crippen LogP contribution in [0.3, 0.4) is 0 Å². The highest BCUT2D eigenvalue weighted by Gasteiger charge is 2.18. The van der Waals surface area contributed by atoms with Gasteiger partial charge in [-0.2, -0.15) is 0 Å². The monoisotopic (exact) mass is 223 g/mol. The Morgan fingerprint density at radius 1 is 1.44 bits per heavy atom. The van der Waals surface area contributed by atoms with Gasteiger partial charge in [-0.25, -0.2) is 0 Å². The van der Waals surface area contributed by atoms with E-state index in [0.29, 0.717) is 24.3 Å². The second-order valence-electron chi connectivity index (χ2n) is 3.33. The van der Waals surface area contributed by atoms with E-state index in [2.05, 4.69) is 4.98 Å². The maximum atomic E-state index is 12.0. The zero-order valence-corrected chi connectivity index (χ0v) is 9.90. The molecule has 16 heavy (non-hydrogen) atoms. The summed E-state index contributed by atoms with van der Waals surface area (Å²) in [5.74, 6) is 0.535. The van der Waals surface area contributed by atoms with Gasteiger partial charge in [0, 0.05) is 18.4 Å². The van der Waals surface area contributed by atoms with Gasteiger partial charge in [0.25, 0.3) is 0 Å². The molecule has 0 bridgehead atoms.